The maximum absolute atomic E-state index is 13.7. The van der Waals surface area contributed by atoms with E-state index in [0.717, 1.165) is 22.4 Å². The number of nitrogens with one attached hydrogen (secondary N) is 2. The number of carbonyl (C=O) groups is 3. The molecule has 0 bridgehead atoms. The van der Waals surface area contributed by atoms with Crippen LogP contribution in [0.4, 0.5) is 5.69 Å². The predicted molar refractivity (Wildman–Crippen MR) is 150 cm³/mol. The molecule has 2 aliphatic heterocycles. The van der Waals surface area contributed by atoms with Crippen LogP contribution in [-0.4, -0.2) is 58.4 Å². The van der Waals surface area contributed by atoms with E-state index in [9.17, 15) is 19.5 Å². The van der Waals surface area contributed by atoms with E-state index >= 15 is 0 Å². The van der Waals surface area contributed by atoms with Crippen molar-refractivity contribution in [3.8, 4) is 11.1 Å². The Hall–Kier alpha value is -3.62. The lowest BCUT2D eigenvalue weighted by Crippen LogP contribution is -2.56. The fourth-order valence-corrected chi connectivity index (χ4v) is 6.27. The molecule has 0 radical (unpaired) electrons. The van der Waals surface area contributed by atoms with Crippen molar-refractivity contribution in [3.05, 3.63) is 90.5 Å². The maximum atomic E-state index is 13.7. The molecule has 0 aromatic heterocycles. The number of carboxylic acid groups (broad SMARTS) is 1. The molecule has 3 N–H and O–H groups in total. The molecule has 5 rings (SSSR count). The van der Waals surface area contributed by atoms with Crippen LogP contribution in [0.25, 0.3) is 11.1 Å². The number of benzene rings is 3. The Morgan fingerprint density at radius 2 is 1.58 bits per heavy atom. The summed E-state index contributed by atoms with van der Waals surface area (Å²) in [5.74, 6) is -2.99. The molecule has 2 aliphatic rings. The SMILES string of the molecule is CSCCC1(C(=O)O)NC(c2ccc(-c3ccccc3)cc2)C2C(=O)N(CCNc3ccccc3)C(=O)C21. The van der Waals surface area contributed by atoms with Crippen LogP contribution in [0, 0.1) is 11.8 Å². The van der Waals surface area contributed by atoms with Crippen molar-refractivity contribution in [1.82, 2.24) is 10.2 Å². The van der Waals surface area contributed by atoms with Crippen LogP contribution in [0.5, 0.6) is 0 Å². The number of imide groups is 1. The summed E-state index contributed by atoms with van der Waals surface area (Å²) in [6.07, 6.45) is 2.16. The van der Waals surface area contributed by atoms with Gasteiger partial charge >= 0.3 is 5.97 Å². The fourth-order valence-electron chi connectivity index (χ4n) is 5.75. The highest BCUT2D eigenvalue weighted by atomic mass is 32.2. The summed E-state index contributed by atoms with van der Waals surface area (Å²) in [6, 6.07) is 26.8. The van der Waals surface area contributed by atoms with Crippen LogP contribution in [0.3, 0.4) is 0 Å². The number of nitrogens with zero attached hydrogens (tertiary/aromatic N) is 1. The molecule has 38 heavy (non-hydrogen) atoms. The van der Waals surface area contributed by atoms with Gasteiger partial charge in [-0.2, -0.15) is 11.8 Å². The number of thioether (sulfide) groups is 1. The number of carboxylic acids is 1. The molecule has 2 heterocycles. The van der Waals surface area contributed by atoms with Crippen molar-refractivity contribution < 1.29 is 19.5 Å². The second kappa shape index (κ2) is 11.0. The van der Waals surface area contributed by atoms with Gasteiger partial charge in [0.15, 0.2) is 0 Å². The first-order chi connectivity index (χ1) is 18.5. The molecule has 3 aromatic rings. The van der Waals surface area contributed by atoms with E-state index in [1.165, 1.54) is 16.7 Å². The molecule has 8 heteroatoms. The first-order valence-electron chi connectivity index (χ1n) is 12.8. The van der Waals surface area contributed by atoms with Gasteiger partial charge in [0.1, 0.15) is 5.54 Å². The molecule has 2 fully saturated rings. The quantitative estimate of drug-likeness (QED) is 0.337. The zero-order valence-electron chi connectivity index (χ0n) is 21.2. The lowest BCUT2D eigenvalue weighted by Gasteiger charge is -2.31. The second-order valence-corrected chi connectivity index (χ2v) is 10.7. The second-order valence-electron chi connectivity index (χ2n) is 9.75. The van der Waals surface area contributed by atoms with Gasteiger partial charge in [-0.1, -0.05) is 72.8 Å². The molecular formula is C30H31N3O4S. The third-order valence-corrected chi connectivity index (χ3v) is 8.26. The van der Waals surface area contributed by atoms with Crippen LogP contribution >= 0.6 is 11.8 Å². The van der Waals surface area contributed by atoms with Gasteiger partial charge in [-0.15, -0.1) is 0 Å². The summed E-state index contributed by atoms with van der Waals surface area (Å²) in [4.78, 5) is 41.5. The maximum Gasteiger partial charge on any atom is 0.324 e. The Labute approximate surface area is 226 Å². The monoisotopic (exact) mass is 529 g/mol. The van der Waals surface area contributed by atoms with Crippen molar-refractivity contribution in [1.29, 1.82) is 0 Å². The Morgan fingerprint density at radius 1 is 0.947 bits per heavy atom. The van der Waals surface area contributed by atoms with E-state index in [1.807, 2.05) is 91.2 Å². The molecule has 7 nitrogen and oxygen atoms in total. The number of hydrogen-bond donors (Lipinski definition) is 3. The molecule has 2 saturated heterocycles. The lowest BCUT2D eigenvalue weighted by atomic mass is 9.78. The number of anilines is 1. The molecule has 0 spiro atoms. The molecule has 0 saturated carbocycles. The third kappa shape index (κ3) is 4.70. The highest BCUT2D eigenvalue weighted by Crippen LogP contribution is 2.50. The predicted octanol–water partition coefficient (Wildman–Crippen LogP) is 4.29. The van der Waals surface area contributed by atoms with Crippen molar-refractivity contribution in [3.63, 3.8) is 0 Å². The highest BCUT2D eigenvalue weighted by Gasteiger charge is 2.68. The molecule has 0 aliphatic carbocycles. The summed E-state index contributed by atoms with van der Waals surface area (Å²) in [5, 5.41) is 17.0. The average molecular weight is 530 g/mol. The summed E-state index contributed by atoms with van der Waals surface area (Å²) in [5.41, 5.74) is 2.28. The number of para-hydroxylation sites is 1. The normalized spacial score (nSPS) is 24.4. The smallest absolute Gasteiger partial charge is 0.324 e. The van der Waals surface area contributed by atoms with Gasteiger partial charge in [-0.25, -0.2) is 0 Å². The Bertz CT molecular complexity index is 1300. The number of carbonyl (C=O) groups excluding carboxylic acids is 2. The minimum Gasteiger partial charge on any atom is -0.480 e. The molecule has 4 unspecified atom stereocenters. The van der Waals surface area contributed by atoms with Gasteiger partial charge in [0.05, 0.1) is 11.8 Å². The van der Waals surface area contributed by atoms with E-state index in [4.69, 9.17) is 0 Å². The highest BCUT2D eigenvalue weighted by molar-refractivity contribution is 7.98. The number of amides is 2. The number of likely N-dealkylation sites (tertiary alicyclic amines) is 1. The number of rotatable bonds is 10. The summed E-state index contributed by atoms with van der Waals surface area (Å²) in [7, 11) is 0. The zero-order valence-corrected chi connectivity index (χ0v) is 22.0. The molecular weight excluding hydrogens is 498 g/mol. The standard InChI is InChI=1S/C30H31N3O4S/c1-38-19-16-30(29(36)37)25-24(27(34)33(28(25)35)18-17-31-23-10-6-3-7-11-23)26(32-30)22-14-12-21(13-15-22)20-8-4-2-5-9-20/h2-15,24-26,31-32H,16-19H2,1H3,(H,36,37). The van der Waals surface area contributed by atoms with Crippen LogP contribution in [-0.2, 0) is 14.4 Å². The van der Waals surface area contributed by atoms with Crippen LogP contribution in [0.1, 0.15) is 18.0 Å². The van der Waals surface area contributed by atoms with Crippen molar-refractivity contribution in [2.24, 2.45) is 11.8 Å². The largest absolute Gasteiger partial charge is 0.480 e. The molecule has 196 valence electrons. The summed E-state index contributed by atoms with van der Waals surface area (Å²) >= 11 is 1.53. The van der Waals surface area contributed by atoms with Gasteiger partial charge < -0.3 is 10.4 Å². The first-order valence-corrected chi connectivity index (χ1v) is 14.2. The van der Waals surface area contributed by atoms with Gasteiger partial charge in [-0.3, -0.25) is 24.6 Å². The Balaban J connectivity index is 1.44. The van der Waals surface area contributed by atoms with Crippen LogP contribution in [0.15, 0.2) is 84.9 Å². The summed E-state index contributed by atoms with van der Waals surface area (Å²) in [6.45, 7) is 0.563. The minimum absolute atomic E-state index is 0.178. The van der Waals surface area contributed by atoms with Gasteiger partial charge in [0.2, 0.25) is 11.8 Å². The Morgan fingerprint density at radius 3 is 2.21 bits per heavy atom. The molecule has 4 atom stereocenters. The van der Waals surface area contributed by atoms with Crippen LogP contribution < -0.4 is 10.6 Å². The average Bonchev–Trinajstić information content (AvgIpc) is 3.43. The van der Waals surface area contributed by atoms with E-state index < -0.39 is 35.3 Å². The zero-order chi connectivity index (χ0) is 26.7. The van der Waals surface area contributed by atoms with E-state index in [0.29, 0.717) is 12.3 Å². The topological polar surface area (TPSA) is 98.7 Å². The van der Waals surface area contributed by atoms with E-state index in [2.05, 4.69) is 10.6 Å². The number of hydrogen-bond acceptors (Lipinski definition) is 6. The number of aliphatic carboxylic acids is 1. The van der Waals surface area contributed by atoms with Crippen molar-refractivity contribution in [2.75, 3.05) is 30.4 Å². The number of fused-ring (bicyclic) bond motifs is 1. The molecule has 3 aromatic carbocycles. The molecule has 2 amide bonds. The van der Waals surface area contributed by atoms with E-state index in [1.54, 1.807) is 0 Å². The van der Waals surface area contributed by atoms with Gasteiger partial charge in [-0.05, 0) is 47.3 Å². The van der Waals surface area contributed by atoms with Gasteiger partial charge in [0.25, 0.3) is 0 Å². The van der Waals surface area contributed by atoms with Crippen LogP contribution in [0.2, 0.25) is 0 Å². The van der Waals surface area contributed by atoms with Crippen molar-refractivity contribution >= 4 is 35.2 Å². The first kappa shape index (κ1) is 26.0. The van der Waals surface area contributed by atoms with Gasteiger partial charge in [0, 0.05) is 24.8 Å². The fraction of sp³-hybridized carbons (Fsp3) is 0.300. The van der Waals surface area contributed by atoms with Crippen molar-refractivity contribution in [2.45, 2.75) is 18.0 Å². The Kier molecular flexibility index (Phi) is 7.53. The minimum atomic E-state index is -1.51. The lowest BCUT2D eigenvalue weighted by molar-refractivity contribution is -0.151. The van der Waals surface area contributed by atoms with E-state index in [-0.39, 0.29) is 18.9 Å². The third-order valence-electron chi connectivity index (χ3n) is 7.64. The summed E-state index contributed by atoms with van der Waals surface area (Å²) < 4.78 is 0.